The molecule has 0 aromatic heterocycles. The zero-order valence-corrected chi connectivity index (χ0v) is 10.8. The lowest BCUT2D eigenvalue weighted by atomic mass is 9.92. The van der Waals surface area contributed by atoms with Crippen molar-refractivity contribution >= 4 is 22.3 Å². The molecule has 17 heavy (non-hydrogen) atoms. The third kappa shape index (κ3) is 2.31. The fourth-order valence-corrected chi connectivity index (χ4v) is 2.40. The monoisotopic (exact) mass is 250 g/mol. The lowest BCUT2D eigenvalue weighted by Crippen LogP contribution is -2.22. The van der Waals surface area contributed by atoms with Crippen molar-refractivity contribution in [1.82, 2.24) is 0 Å². The average Bonchev–Trinajstić information content (AvgIpc) is 2.52. The molecule has 0 spiro atoms. The highest BCUT2D eigenvalue weighted by Gasteiger charge is 2.34. The minimum Gasteiger partial charge on any atom is -0.452 e. The van der Waals surface area contributed by atoms with Crippen LogP contribution in [-0.4, -0.2) is 22.0 Å². The molecule has 90 valence electrons. The van der Waals surface area contributed by atoms with Gasteiger partial charge in [-0.1, -0.05) is 12.1 Å². The van der Waals surface area contributed by atoms with E-state index in [4.69, 9.17) is 4.74 Å². The first kappa shape index (κ1) is 12.0. The molecule has 0 bridgehead atoms. The number of hydrogen-bond donors (Lipinski definition) is 0. The minimum absolute atomic E-state index is 0.312. The van der Waals surface area contributed by atoms with Gasteiger partial charge in [-0.3, -0.25) is 4.21 Å². The molecular weight excluding hydrogens is 236 g/mol. The summed E-state index contributed by atoms with van der Waals surface area (Å²) in [6.07, 6.45) is 3.15. The Kier molecular flexibility index (Phi) is 2.91. The Hall–Kier alpha value is -1.42. The van der Waals surface area contributed by atoms with Crippen molar-refractivity contribution in [1.29, 1.82) is 0 Å². The summed E-state index contributed by atoms with van der Waals surface area (Å²) in [7, 11) is -0.983. The van der Waals surface area contributed by atoms with E-state index in [2.05, 4.69) is 0 Å². The molecule has 0 amide bonds. The van der Waals surface area contributed by atoms with Gasteiger partial charge in [0.25, 0.3) is 0 Å². The van der Waals surface area contributed by atoms with Crippen LogP contribution in [0.1, 0.15) is 19.4 Å². The highest BCUT2D eigenvalue weighted by Crippen LogP contribution is 2.35. The molecule has 0 N–H and O–H groups in total. The van der Waals surface area contributed by atoms with Crippen LogP contribution < -0.4 is 0 Å². The molecular formula is C13H14O3S. The van der Waals surface area contributed by atoms with Gasteiger partial charge in [0.05, 0.1) is 0 Å². The van der Waals surface area contributed by atoms with Crippen LogP contribution in [0, 0.1) is 0 Å². The van der Waals surface area contributed by atoms with Gasteiger partial charge in [0.15, 0.2) is 0 Å². The zero-order chi connectivity index (χ0) is 12.6. The summed E-state index contributed by atoms with van der Waals surface area (Å²) in [6, 6.07) is 7.36. The molecule has 0 saturated carbocycles. The van der Waals surface area contributed by atoms with E-state index < -0.39 is 16.4 Å². The standard InChI is InChI=1S/C13H14O3S/c1-13(2)11(8-12(14)16-13)9-4-6-10(7-5-9)17(3)15/h4-8H,1-3H3. The van der Waals surface area contributed by atoms with Gasteiger partial charge in [0, 0.05) is 33.6 Å². The van der Waals surface area contributed by atoms with Crippen LogP contribution in [0.5, 0.6) is 0 Å². The number of carbonyl (C=O) groups excluding carboxylic acids is 1. The van der Waals surface area contributed by atoms with Crippen molar-refractivity contribution in [3.8, 4) is 0 Å². The average molecular weight is 250 g/mol. The molecule has 1 heterocycles. The molecule has 0 radical (unpaired) electrons. The summed E-state index contributed by atoms with van der Waals surface area (Å²) in [4.78, 5) is 12.0. The maximum atomic E-state index is 11.3. The largest absolute Gasteiger partial charge is 0.452 e. The van der Waals surface area contributed by atoms with Gasteiger partial charge in [-0.2, -0.15) is 0 Å². The highest BCUT2D eigenvalue weighted by molar-refractivity contribution is 7.84. The predicted molar refractivity (Wildman–Crippen MR) is 66.9 cm³/mol. The van der Waals surface area contributed by atoms with Crippen LogP contribution in [0.15, 0.2) is 35.2 Å². The van der Waals surface area contributed by atoms with E-state index in [1.807, 2.05) is 38.1 Å². The number of esters is 1. The van der Waals surface area contributed by atoms with Crippen LogP contribution in [0.25, 0.3) is 5.57 Å². The maximum Gasteiger partial charge on any atom is 0.332 e. The molecule has 0 saturated heterocycles. The van der Waals surface area contributed by atoms with Gasteiger partial charge in [-0.25, -0.2) is 4.79 Å². The first-order chi connectivity index (χ1) is 7.90. The Labute approximate surface area is 103 Å². The number of rotatable bonds is 2. The minimum atomic E-state index is -0.983. The number of benzene rings is 1. The van der Waals surface area contributed by atoms with Gasteiger partial charge in [0.1, 0.15) is 5.60 Å². The second kappa shape index (κ2) is 4.11. The third-order valence-corrected chi connectivity index (χ3v) is 3.70. The Morgan fingerprint density at radius 3 is 2.18 bits per heavy atom. The van der Waals surface area contributed by atoms with Crippen molar-refractivity contribution in [2.45, 2.75) is 24.3 Å². The quantitative estimate of drug-likeness (QED) is 0.755. The summed E-state index contributed by atoms with van der Waals surface area (Å²) in [5, 5.41) is 0. The SMILES string of the molecule is CS(=O)c1ccc(C2=CC(=O)OC2(C)C)cc1. The van der Waals surface area contributed by atoms with Crippen LogP contribution in [-0.2, 0) is 20.3 Å². The smallest absolute Gasteiger partial charge is 0.332 e. The second-order valence-corrected chi connectivity index (χ2v) is 5.85. The van der Waals surface area contributed by atoms with E-state index in [0.29, 0.717) is 0 Å². The van der Waals surface area contributed by atoms with Gasteiger partial charge < -0.3 is 4.74 Å². The van der Waals surface area contributed by atoms with Gasteiger partial charge >= 0.3 is 5.97 Å². The van der Waals surface area contributed by atoms with Gasteiger partial charge in [0.2, 0.25) is 0 Å². The Morgan fingerprint density at radius 2 is 1.76 bits per heavy atom. The van der Waals surface area contributed by atoms with Crippen LogP contribution >= 0.6 is 0 Å². The molecule has 2 rings (SSSR count). The van der Waals surface area contributed by atoms with Crippen molar-refractivity contribution in [3.63, 3.8) is 0 Å². The lowest BCUT2D eigenvalue weighted by Gasteiger charge is -2.21. The second-order valence-electron chi connectivity index (χ2n) is 4.47. The first-order valence-corrected chi connectivity index (χ1v) is 6.85. The van der Waals surface area contributed by atoms with E-state index in [0.717, 1.165) is 16.0 Å². The molecule has 3 nitrogen and oxygen atoms in total. The Balaban J connectivity index is 2.38. The summed E-state index contributed by atoms with van der Waals surface area (Å²) in [5.74, 6) is -0.312. The van der Waals surface area contributed by atoms with Crippen LogP contribution in [0.2, 0.25) is 0 Å². The Morgan fingerprint density at radius 1 is 1.18 bits per heavy atom. The molecule has 0 aliphatic carbocycles. The summed E-state index contributed by atoms with van der Waals surface area (Å²) >= 11 is 0. The summed E-state index contributed by atoms with van der Waals surface area (Å²) in [6.45, 7) is 3.71. The number of cyclic esters (lactones) is 1. The van der Waals surface area contributed by atoms with E-state index >= 15 is 0 Å². The van der Waals surface area contributed by atoms with E-state index in [1.165, 1.54) is 6.08 Å². The number of ether oxygens (including phenoxy) is 1. The Bertz CT molecular complexity index is 512. The van der Waals surface area contributed by atoms with Gasteiger partial charge in [-0.15, -0.1) is 0 Å². The zero-order valence-electron chi connectivity index (χ0n) is 10.0. The number of hydrogen-bond acceptors (Lipinski definition) is 3. The van der Waals surface area contributed by atoms with Crippen LogP contribution in [0.3, 0.4) is 0 Å². The fraction of sp³-hybridized carbons (Fsp3) is 0.308. The van der Waals surface area contributed by atoms with Crippen molar-refractivity contribution in [2.75, 3.05) is 6.26 Å². The lowest BCUT2D eigenvalue weighted by molar-refractivity contribution is -0.142. The summed E-state index contributed by atoms with van der Waals surface area (Å²) in [5.41, 5.74) is 1.19. The fourth-order valence-electron chi connectivity index (χ4n) is 1.88. The normalized spacial score (nSPS) is 19.7. The van der Waals surface area contributed by atoms with E-state index in [9.17, 15) is 9.00 Å². The van der Waals surface area contributed by atoms with E-state index in [-0.39, 0.29) is 5.97 Å². The molecule has 4 heteroatoms. The molecule has 1 aromatic rings. The number of carbonyl (C=O) groups is 1. The van der Waals surface area contributed by atoms with E-state index in [1.54, 1.807) is 6.26 Å². The highest BCUT2D eigenvalue weighted by atomic mass is 32.2. The molecule has 1 unspecified atom stereocenters. The molecule has 1 aliphatic rings. The predicted octanol–water partition coefficient (Wildman–Crippen LogP) is 2.14. The molecule has 1 aliphatic heterocycles. The third-order valence-electron chi connectivity index (χ3n) is 2.76. The first-order valence-electron chi connectivity index (χ1n) is 5.29. The van der Waals surface area contributed by atoms with Crippen molar-refractivity contribution < 1.29 is 13.7 Å². The molecule has 1 aromatic carbocycles. The topological polar surface area (TPSA) is 43.4 Å². The van der Waals surface area contributed by atoms with Crippen molar-refractivity contribution in [3.05, 3.63) is 35.9 Å². The molecule has 1 atom stereocenters. The van der Waals surface area contributed by atoms with Crippen molar-refractivity contribution in [2.24, 2.45) is 0 Å². The van der Waals surface area contributed by atoms with Gasteiger partial charge in [-0.05, 0) is 31.5 Å². The maximum absolute atomic E-state index is 11.3. The van der Waals surface area contributed by atoms with Crippen LogP contribution in [0.4, 0.5) is 0 Å². The summed E-state index contributed by atoms with van der Waals surface area (Å²) < 4.78 is 16.5. The molecule has 0 fully saturated rings.